The number of halogens is 1. The van der Waals surface area contributed by atoms with Crippen molar-refractivity contribution in [2.45, 2.75) is 35.6 Å². The van der Waals surface area contributed by atoms with E-state index in [0.29, 0.717) is 17.8 Å². The largest absolute Gasteiger partial charge is 0.432 e. The Morgan fingerprint density at radius 2 is 2.00 bits per heavy atom. The highest BCUT2D eigenvalue weighted by Crippen LogP contribution is 2.60. The molecule has 1 aromatic carbocycles. The van der Waals surface area contributed by atoms with Crippen LogP contribution in [0.25, 0.3) is 17.2 Å². The molecule has 38 heavy (non-hydrogen) atoms. The molecule has 6 N–H and O–H groups in total. The number of imidazole rings is 1. The first-order valence-corrected chi connectivity index (χ1v) is 12.6. The van der Waals surface area contributed by atoms with Crippen LogP contribution in [0.3, 0.4) is 0 Å². The number of piperidine rings is 1. The van der Waals surface area contributed by atoms with Crippen molar-refractivity contribution in [2.75, 3.05) is 18.4 Å². The van der Waals surface area contributed by atoms with Crippen molar-refractivity contribution in [1.82, 2.24) is 24.7 Å². The number of nitrogens with zero attached hydrogens (tertiary/aromatic N) is 4. The Hall–Kier alpha value is -3.51. The fraction of sp³-hybridized carbons (Fsp3) is 0.296. The molecule has 2 aliphatic carbocycles. The van der Waals surface area contributed by atoms with Crippen LogP contribution in [0.2, 0.25) is 0 Å². The fourth-order valence-electron chi connectivity index (χ4n) is 5.03. The van der Waals surface area contributed by atoms with Gasteiger partial charge in [-0.2, -0.15) is 4.98 Å². The zero-order chi connectivity index (χ0) is 24.5. The van der Waals surface area contributed by atoms with Gasteiger partial charge >= 0.3 is 5.84 Å². The average Bonchev–Trinajstić information content (AvgIpc) is 3.23. The Morgan fingerprint density at radius 1 is 1.16 bits per heavy atom. The van der Waals surface area contributed by atoms with Gasteiger partial charge in [0.05, 0.1) is 17.1 Å². The van der Waals surface area contributed by atoms with E-state index in [2.05, 4.69) is 28.2 Å². The lowest BCUT2D eigenvalue weighted by Gasteiger charge is -2.23. The van der Waals surface area contributed by atoms with Crippen molar-refractivity contribution < 1.29 is 19.8 Å². The molecular formula is C27H31FN6O3S. The van der Waals surface area contributed by atoms with Crippen LogP contribution < -0.4 is 10.6 Å². The third-order valence-corrected chi connectivity index (χ3v) is 7.25. The highest BCUT2D eigenvalue weighted by molar-refractivity contribution is 7.80. The minimum absolute atomic E-state index is 0. The van der Waals surface area contributed by atoms with Gasteiger partial charge in [-0.25, -0.2) is 14.4 Å². The Kier molecular flexibility index (Phi) is 8.32. The van der Waals surface area contributed by atoms with E-state index >= 15 is 0 Å². The molecule has 2 unspecified atom stereocenters. The molecule has 11 heteroatoms. The van der Waals surface area contributed by atoms with Crippen LogP contribution in [-0.4, -0.2) is 49.4 Å². The molecule has 1 saturated carbocycles. The van der Waals surface area contributed by atoms with Gasteiger partial charge in [0.1, 0.15) is 12.1 Å². The summed E-state index contributed by atoms with van der Waals surface area (Å²) in [6.45, 7) is 1.97. The molecule has 3 atom stereocenters. The molecule has 9 nitrogen and oxygen atoms in total. The van der Waals surface area contributed by atoms with E-state index in [1.807, 2.05) is 53.1 Å². The molecule has 1 saturated heterocycles. The van der Waals surface area contributed by atoms with E-state index in [-0.39, 0.29) is 28.1 Å². The number of allylic oxidation sites excluding steroid dienone is 4. The van der Waals surface area contributed by atoms with Gasteiger partial charge in [-0.3, -0.25) is 4.40 Å². The number of hydrogen-bond donors (Lipinski definition) is 3. The highest BCUT2D eigenvalue weighted by Gasteiger charge is 2.57. The summed E-state index contributed by atoms with van der Waals surface area (Å²) in [5, 5.41) is 6.83. The normalized spacial score (nSPS) is 23.2. The van der Waals surface area contributed by atoms with Crippen LogP contribution in [0.5, 0.6) is 0 Å². The summed E-state index contributed by atoms with van der Waals surface area (Å²) < 4.78 is 21.2. The van der Waals surface area contributed by atoms with Gasteiger partial charge in [-0.1, -0.05) is 24.3 Å². The summed E-state index contributed by atoms with van der Waals surface area (Å²) >= 11 is 4.08. The van der Waals surface area contributed by atoms with Crippen molar-refractivity contribution in [3.8, 4) is 11.4 Å². The number of aromatic nitrogens is 4. The third kappa shape index (κ3) is 5.37. The fourth-order valence-corrected chi connectivity index (χ4v) is 5.20. The van der Waals surface area contributed by atoms with E-state index in [0.717, 1.165) is 54.3 Å². The molecule has 7 rings (SSSR count). The minimum Gasteiger partial charge on any atom is -0.432 e. The number of hydrogen-bond acceptors (Lipinski definition) is 7. The van der Waals surface area contributed by atoms with Gasteiger partial charge in [0.2, 0.25) is 5.95 Å². The maximum Gasteiger partial charge on any atom is 0.306 e. The SMILES string of the molecule is FC1=CC2CC2(c2nc3occn3c2-c2ccnc(N[C@@H]3CCCNC3)n2)C=C1.O.O.Sc1ccccc1. The molecule has 0 amide bonds. The summed E-state index contributed by atoms with van der Waals surface area (Å²) in [6, 6.07) is 12.0. The molecule has 0 bridgehead atoms. The first kappa shape index (κ1) is 27.5. The number of nitrogens with one attached hydrogen (secondary N) is 2. The molecule has 1 aliphatic heterocycles. The van der Waals surface area contributed by atoms with E-state index < -0.39 is 0 Å². The number of oxazole rings is 1. The summed E-state index contributed by atoms with van der Waals surface area (Å²) in [4.78, 5) is 15.0. The number of anilines is 1. The number of fused-ring (bicyclic) bond motifs is 2. The Bertz CT molecular complexity index is 1430. The summed E-state index contributed by atoms with van der Waals surface area (Å²) in [5.41, 5.74) is 2.25. The van der Waals surface area contributed by atoms with Crippen LogP contribution >= 0.6 is 12.6 Å². The summed E-state index contributed by atoms with van der Waals surface area (Å²) in [5.74, 6) is 1.07. The Balaban J connectivity index is 0.000000328. The molecular weight excluding hydrogens is 507 g/mol. The molecule has 0 radical (unpaired) electrons. The zero-order valence-corrected chi connectivity index (χ0v) is 21.5. The monoisotopic (exact) mass is 538 g/mol. The van der Waals surface area contributed by atoms with E-state index in [1.165, 1.54) is 6.08 Å². The maximum absolute atomic E-state index is 13.7. The van der Waals surface area contributed by atoms with Gasteiger partial charge in [-0.05, 0) is 62.1 Å². The number of thiol groups is 1. The molecule has 0 spiro atoms. The first-order valence-electron chi connectivity index (χ1n) is 12.2. The molecule has 3 aliphatic rings. The summed E-state index contributed by atoms with van der Waals surface area (Å²) in [6.07, 6.45) is 13.5. The van der Waals surface area contributed by atoms with Crippen LogP contribution in [0.4, 0.5) is 10.3 Å². The van der Waals surface area contributed by atoms with E-state index in [1.54, 1.807) is 18.5 Å². The standard InChI is InChI=1S/C21H21FN6O.C6H6S.2H2O/c22-14-3-5-21(11-13(21)10-14)18-17(28-8-9-29-20(28)27-18)16-4-7-24-19(26-16)25-15-2-1-6-23-12-15;7-6-4-2-1-3-5-6;;/h3-5,7-10,13,15,23H,1-2,6,11-12H2,(H,24,25,26);1-5,7H;2*1H2/t13?,15-,21?;;;/m1.../s1. The lowest BCUT2D eigenvalue weighted by atomic mass is 9.93. The number of benzene rings is 1. The van der Waals surface area contributed by atoms with Gasteiger partial charge in [-0.15, -0.1) is 12.6 Å². The van der Waals surface area contributed by atoms with Crippen molar-refractivity contribution in [3.05, 3.63) is 84.8 Å². The van der Waals surface area contributed by atoms with Gasteiger partial charge in [0.15, 0.2) is 0 Å². The topological polar surface area (TPSA) is 143 Å². The smallest absolute Gasteiger partial charge is 0.306 e. The van der Waals surface area contributed by atoms with Crippen molar-refractivity contribution in [1.29, 1.82) is 0 Å². The Morgan fingerprint density at radius 3 is 2.71 bits per heavy atom. The first-order chi connectivity index (χ1) is 17.6. The minimum atomic E-state index is -0.286. The second kappa shape index (κ2) is 11.5. The van der Waals surface area contributed by atoms with Crippen LogP contribution in [-0.2, 0) is 5.41 Å². The Labute approximate surface area is 224 Å². The van der Waals surface area contributed by atoms with Crippen LogP contribution in [0.1, 0.15) is 25.0 Å². The van der Waals surface area contributed by atoms with Crippen molar-refractivity contribution >= 4 is 24.4 Å². The molecule has 4 heterocycles. The highest BCUT2D eigenvalue weighted by atomic mass is 32.1. The molecule has 4 aromatic rings. The van der Waals surface area contributed by atoms with Gasteiger partial charge in [0.25, 0.3) is 0 Å². The molecule has 2 fully saturated rings. The summed E-state index contributed by atoms with van der Waals surface area (Å²) in [7, 11) is 0. The lowest BCUT2D eigenvalue weighted by Crippen LogP contribution is -2.38. The average molecular weight is 539 g/mol. The predicted octanol–water partition coefficient (Wildman–Crippen LogP) is 3.56. The predicted molar refractivity (Wildman–Crippen MR) is 147 cm³/mol. The van der Waals surface area contributed by atoms with E-state index in [9.17, 15) is 4.39 Å². The lowest BCUT2D eigenvalue weighted by molar-refractivity contribution is 0.478. The van der Waals surface area contributed by atoms with Crippen LogP contribution in [0, 0.1) is 5.92 Å². The van der Waals surface area contributed by atoms with E-state index in [4.69, 9.17) is 14.4 Å². The third-order valence-electron chi connectivity index (χ3n) is 6.95. The van der Waals surface area contributed by atoms with Crippen molar-refractivity contribution in [3.63, 3.8) is 0 Å². The second-order valence-electron chi connectivity index (χ2n) is 9.39. The van der Waals surface area contributed by atoms with Crippen LogP contribution in [0.15, 0.2) is 88.4 Å². The quantitative estimate of drug-likeness (QED) is 0.339. The van der Waals surface area contributed by atoms with Gasteiger partial charge in [0, 0.05) is 35.3 Å². The number of rotatable bonds is 4. The maximum atomic E-state index is 13.7. The van der Waals surface area contributed by atoms with Crippen molar-refractivity contribution in [2.24, 2.45) is 5.92 Å². The zero-order valence-electron chi connectivity index (χ0n) is 20.6. The van der Waals surface area contributed by atoms with Gasteiger partial charge < -0.3 is 26.0 Å². The molecule has 200 valence electrons. The molecule has 3 aromatic heterocycles. The second-order valence-corrected chi connectivity index (χ2v) is 9.91.